The molecule has 0 aliphatic heterocycles. The van der Waals surface area contributed by atoms with Crippen molar-refractivity contribution in [3.8, 4) is 0 Å². The molecule has 0 unspecified atom stereocenters. The number of urea groups is 1. The van der Waals surface area contributed by atoms with Crippen LogP contribution in [-0.4, -0.2) is 46.4 Å². The molecule has 0 aliphatic rings. The maximum Gasteiger partial charge on any atom is 0.322 e. The monoisotopic (exact) mass is 482 g/mol. The normalized spacial score (nSPS) is 10.8. The van der Waals surface area contributed by atoms with Crippen LogP contribution in [0, 0.1) is 0 Å². The largest absolute Gasteiger partial charge is 0.361 e. The van der Waals surface area contributed by atoms with E-state index in [1.807, 2.05) is 83.9 Å². The molecular formula is C30H34N4O2. The molecule has 36 heavy (non-hydrogen) atoms. The van der Waals surface area contributed by atoms with Gasteiger partial charge in [-0.05, 0) is 42.2 Å². The molecular weight excluding hydrogens is 448 g/mol. The average molecular weight is 483 g/mol. The maximum absolute atomic E-state index is 13.6. The number of fused-ring (bicyclic) bond motifs is 1. The summed E-state index contributed by atoms with van der Waals surface area (Å²) in [5, 5.41) is 4.11. The Morgan fingerprint density at radius 3 is 2.28 bits per heavy atom. The Kier molecular flexibility index (Phi) is 8.76. The van der Waals surface area contributed by atoms with Crippen LogP contribution in [0.2, 0.25) is 0 Å². The van der Waals surface area contributed by atoms with Gasteiger partial charge in [0, 0.05) is 42.4 Å². The standard InChI is InChI=1S/C30H34N4O2/c1-2-3-19-34(30(36)32-26-14-8-5-9-15-26)23-29(35)33(22-24-12-6-4-7-13-24)20-18-25-21-31-28-17-11-10-16-27(25)28/h4-17,21,31H,2-3,18-20,22-23H2,1H3,(H,32,36). The number of hydrogen-bond donors (Lipinski definition) is 2. The van der Waals surface area contributed by atoms with E-state index in [1.165, 1.54) is 10.9 Å². The minimum absolute atomic E-state index is 0.0411. The van der Waals surface area contributed by atoms with Crippen LogP contribution in [0.5, 0.6) is 0 Å². The number of para-hydroxylation sites is 2. The lowest BCUT2D eigenvalue weighted by Crippen LogP contribution is -2.45. The number of rotatable bonds is 11. The molecule has 3 amide bonds. The summed E-state index contributed by atoms with van der Waals surface area (Å²) < 4.78 is 0. The van der Waals surface area contributed by atoms with Crippen LogP contribution in [0.15, 0.2) is 91.1 Å². The summed E-state index contributed by atoms with van der Waals surface area (Å²) in [6, 6.07) is 27.3. The van der Waals surface area contributed by atoms with Crippen LogP contribution in [0.1, 0.15) is 30.9 Å². The van der Waals surface area contributed by atoms with E-state index in [1.54, 1.807) is 4.90 Å². The number of benzene rings is 3. The Labute approximate surface area is 212 Å². The summed E-state index contributed by atoms with van der Waals surface area (Å²) in [6.45, 7) is 3.72. The van der Waals surface area contributed by atoms with Gasteiger partial charge in [-0.25, -0.2) is 4.79 Å². The molecule has 0 bridgehead atoms. The molecule has 0 aliphatic carbocycles. The average Bonchev–Trinajstić information content (AvgIpc) is 3.33. The van der Waals surface area contributed by atoms with E-state index in [4.69, 9.17) is 0 Å². The van der Waals surface area contributed by atoms with Crippen molar-refractivity contribution in [1.29, 1.82) is 0 Å². The zero-order valence-corrected chi connectivity index (χ0v) is 20.8. The van der Waals surface area contributed by atoms with E-state index in [-0.39, 0.29) is 18.5 Å². The molecule has 3 aromatic carbocycles. The van der Waals surface area contributed by atoms with Gasteiger partial charge < -0.3 is 20.1 Å². The van der Waals surface area contributed by atoms with Crippen LogP contribution in [0.3, 0.4) is 0 Å². The van der Waals surface area contributed by atoms with E-state index in [2.05, 4.69) is 29.4 Å². The van der Waals surface area contributed by atoms with E-state index in [0.717, 1.165) is 36.0 Å². The molecule has 0 saturated heterocycles. The Balaban J connectivity index is 1.49. The molecule has 6 nitrogen and oxygen atoms in total. The topological polar surface area (TPSA) is 68.4 Å². The predicted molar refractivity (Wildman–Crippen MR) is 146 cm³/mol. The van der Waals surface area contributed by atoms with Crippen molar-refractivity contribution in [3.63, 3.8) is 0 Å². The highest BCUT2D eigenvalue weighted by molar-refractivity contribution is 5.92. The lowest BCUT2D eigenvalue weighted by atomic mass is 10.1. The second-order valence-corrected chi connectivity index (χ2v) is 8.98. The van der Waals surface area contributed by atoms with Crippen molar-refractivity contribution >= 4 is 28.5 Å². The van der Waals surface area contributed by atoms with Gasteiger partial charge in [0.05, 0.1) is 0 Å². The number of carbonyl (C=O) groups excluding carboxylic acids is 2. The predicted octanol–water partition coefficient (Wildman–Crippen LogP) is 6.07. The second kappa shape index (κ2) is 12.6. The van der Waals surface area contributed by atoms with Gasteiger partial charge in [-0.15, -0.1) is 0 Å². The molecule has 2 N–H and O–H groups in total. The van der Waals surface area contributed by atoms with E-state index in [9.17, 15) is 9.59 Å². The molecule has 6 heteroatoms. The Morgan fingerprint density at radius 2 is 1.53 bits per heavy atom. The highest BCUT2D eigenvalue weighted by Gasteiger charge is 2.22. The lowest BCUT2D eigenvalue weighted by Gasteiger charge is -2.28. The van der Waals surface area contributed by atoms with Crippen LogP contribution >= 0.6 is 0 Å². The first-order valence-corrected chi connectivity index (χ1v) is 12.6. The number of hydrogen-bond acceptors (Lipinski definition) is 2. The van der Waals surface area contributed by atoms with Crippen molar-refractivity contribution in [1.82, 2.24) is 14.8 Å². The Hall–Kier alpha value is -4.06. The summed E-state index contributed by atoms with van der Waals surface area (Å²) in [5.74, 6) is -0.0574. The number of unbranched alkanes of at least 4 members (excludes halogenated alkanes) is 1. The first-order chi connectivity index (χ1) is 17.6. The van der Waals surface area contributed by atoms with Crippen LogP contribution in [0.25, 0.3) is 10.9 Å². The first-order valence-electron chi connectivity index (χ1n) is 12.6. The quantitative estimate of drug-likeness (QED) is 0.272. The fourth-order valence-corrected chi connectivity index (χ4v) is 4.28. The first kappa shape index (κ1) is 25.0. The third-order valence-electron chi connectivity index (χ3n) is 6.31. The van der Waals surface area contributed by atoms with E-state index >= 15 is 0 Å². The zero-order chi connectivity index (χ0) is 25.2. The van der Waals surface area contributed by atoms with Crippen LogP contribution < -0.4 is 5.32 Å². The lowest BCUT2D eigenvalue weighted by molar-refractivity contribution is -0.132. The van der Waals surface area contributed by atoms with Crippen LogP contribution in [-0.2, 0) is 17.8 Å². The molecule has 186 valence electrons. The third-order valence-corrected chi connectivity index (χ3v) is 6.31. The molecule has 4 rings (SSSR count). The van der Waals surface area contributed by atoms with Crippen molar-refractivity contribution in [2.24, 2.45) is 0 Å². The minimum atomic E-state index is -0.251. The highest BCUT2D eigenvalue weighted by Crippen LogP contribution is 2.19. The third kappa shape index (κ3) is 6.75. The summed E-state index contributed by atoms with van der Waals surface area (Å²) in [7, 11) is 0. The number of nitrogens with zero attached hydrogens (tertiary/aromatic N) is 2. The minimum Gasteiger partial charge on any atom is -0.361 e. The van der Waals surface area contributed by atoms with Gasteiger partial charge in [-0.3, -0.25) is 4.79 Å². The summed E-state index contributed by atoms with van der Waals surface area (Å²) in [6.07, 6.45) is 4.53. The number of aromatic amines is 1. The molecule has 0 radical (unpaired) electrons. The number of aromatic nitrogens is 1. The van der Waals surface area contributed by atoms with Crippen molar-refractivity contribution in [2.45, 2.75) is 32.7 Å². The number of anilines is 1. The van der Waals surface area contributed by atoms with Crippen LogP contribution in [0.4, 0.5) is 10.5 Å². The molecule has 1 heterocycles. The summed E-state index contributed by atoms with van der Waals surface area (Å²) in [5.41, 5.74) is 4.06. The van der Waals surface area contributed by atoms with Gasteiger partial charge in [0.1, 0.15) is 6.54 Å². The van der Waals surface area contributed by atoms with Crippen molar-refractivity contribution in [2.75, 3.05) is 25.0 Å². The smallest absolute Gasteiger partial charge is 0.322 e. The zero-order valence-electron chi connectivity index (χ0n) is 20.8. The maximum atomic E-state index is 13.6. The summed E-state index contributed by atoms with van der Waals surface area (Å²) >= 11 is 0. The van der Waals surface area contributed by atoms with Crippen molar-refractivity contribution in [3.05, 3.63) is 102 Å². The second-order valence-electron chi connectivity index (χ2n) is 8.98. The number of carbonyl (C=O) groups is 2. The molecule has 4 aromatic rings. The summed E-state index contributed by atoms with van der Waals surface area (Å²) in [4.78, 5) is 33.5. The fourth-order valence-electron chi connectivity index (χ4n) is 4.28. The Morgan fingerprint density at radius 1 is 0.833 bits per heavy atom. The van der Waals surface area contributed by atoms with E-state index in [0.29, 0.717) is 19.6 Å². The van der Waals surface area contributed by atoms with Gasteiger partial charge in [0.15, 0.2) is 0 Å². The highest BCUT2D eigenvalue weighted by atomic mass is 16.2. The molecule has 0 saturated carbocycles. The number of amides is 3. The van der Waals surface area contributed by atoms with Gasteiger partial charge >= 0.3 is 6.03 Å². The van der Waals surface area contributed by atoms with Gasteiger partial charge in [-0.1, -0.05) is 80.1 Å². The Bertz CT molecular complexity index is 1250. The van der Waals surface area contributed by atoms with Gasteiger partial charge in [0.2, 0.25) is 5.91 Å². The number of nitrogens with one attached hydrogen (secondary N) is 2. The fraction of sp³-hybridized carbons (Fsp3) is 0.267. The molecule has 1 aromatic heterocycles. The van der Waals surface area contributed by atoms with E-state index < -0.39 is 0 Å². The van der Waals surface area contributed by atoms with Gasteiger partial charge in [0.25, 0.3) is 0 Å². The number of H-pyrrole nitrogens is 1. The SMILES string of the molecule is CCCCN(CC(=O)N(CCc1c[nH]c2ccccc12)Cc1ccccc1)C(=O)Nc1ccccc1. The van der Waals surface area contributed by atoms with Crippen molar-refractivity contribution < 1.29 is 9.59 Å². The van der Waals surface area contributed by atoms with Gasteiger partial charge in [-0.2, -0.15) is 0 Å². The molecule has 0 atom stereocenters. The molecule has 0 fully saturated rings. The molecule has 0 spiro atoms.